The van der Waals surface area contributed by atoms with Crippen LogP contribution in [0.5, 0.6) is 0 Å². The highest BCUT2D eigenvalue weighted by Crippen LogP contribution is 2.39. The van der Waals surface area contributed by atoms with E-state index in [1.165, 1.54) is 0 Å². The number of pyridine rings is 1. The molecule has 8 rings (SSSR count). The van der Waals surface area contributed by atoms with E-state index < -0.39 is 0 Å². The molecule has 0 N–H and O–H groups in total. The summed E-state index contributed by atoms with van der Waals surface area (Å²) in [5.41, 5.74) is 8.74. The molecule has 0 radical (unpaired) electrons. The van der Waals surface area contributed by atoms with Gasteiger partial charge < -0.3 is 0 Å². The molecule has 8 aromatic rings. The van der Waals surface area contributed by atoms with Crippen LogP contribution < -0.4 is 0 Å². The number of nitrogens with zero attached hydrogens (tertiary/aromatic N) is 4. The standard InChI is InChI=1S/C44H30N4/c1-3-29-26-40(39-22-14-13-21-38(39)37(29)4-2)34-23-35(41-27-32-19-11-12-20-33(32)28-45-41)25-36(24-34)44-47-42(30-15-7-5-8-16-30)46-43(48-44)31-17-9-6-10-18-31/h3-28H,1-2H2. The number of aromatic nitrogens is 4. The first-order chi connectivity index (χ1) is 23.7. The van der Waals surface area contributed by atoms with Gasteiger partial charge in [-0.1, -0.05) is 135 Å². The topological polar surface area (TPSA) is 51.6 Å². The van der Waals surface area contributed by atoms with Crippen molar-refractivity contribution < 1.29 is 0 Å². The Morgan fingerprint density at radius 2 is 0.979 bits per heavy atom. The van der Waals surface area contributed by atoms with Crippen molar-refractivity contribution in [2.24, 2.45) is 0 Å². The summed E-state index contributed by atoms with van der Waals surface area (Å²) in [7, 11) is 0. The zero-order valence-corrected chi connectivity index (χ0v) is 26.2. The molecule has 4 nitrogen and oxygen atoms in total. The molecule has 0 aliphatic rings. The average molecular weight is 615 g/mol. The molecule has 0 unspecified atom stereocenters. The molecular weight excluding hydrogens is 585 g/mol. The van der Waals surface area contributed by atoms with Crippen molar-refractivity contribution in [3.63, 3.8) is 0 Å². The van der Waals surface area contributed by atoms with Crippen LogP contribution in [0.2, 0.25) is 0 Å². The van der Waals surface area contributed by atoms with E-state index >= 15 is 0 Å². The number of fused-ring (bicyclic) bond motifs is 2. The molecule has 0 saturated heterocycles. The molecular formula is C44H30N4. The fourth-order valence-electron chi connectivity index (χ4n) is 6.29. The molecule has 0 amide bonds. The normalized spacial score (nSPS) is 11.1. The SMILES string of the molecule is C=Cc1cc(-c2cc(-c3cc4ccccc4cn3)cc(-c3nc(-c4ccccc4)nc(-c4ccccc4)n3)c2)c2ccccc2c1C=C. The first-order valence-electron chi connectivity index (χ1n) is 15.9. The van der Waals surface area contributed by atoms with E-state index in [0.717, 1.165) is 71.7 Å². The average Bonchev–Trinajstić information content (AvgIpc) is 3.17. The molecule has 0 saturated carbocycles. The molecule has 2 heterocycles. The van der Waals surface area contributed by atoms with Crippen LogP contribution in [-0.2, 0) is 0 Å². The third-order valence-electron chi connectivity index (χ3n) is 8.67. The van der Waals surface area contributed by atoms with E-state index in [0.29, 0.717) is 17.5 Å². The highest BCUT2D eigenvalue weighted by atomic mass is 15.0. The Balaban J connectivity index is 1.42. The van der Waals surface area contributed by atoms with Crippen molar-refractivity contribution in [2.45, 2.75) is 0 Å². The summed E-state index contributed by atoms with van der Waals surface area (Å²) in [6, 6.07) is 47.7. The van der Waals surface area contributed by atoms with Crippen LogP contribution in [0.1, 0.15) is 11.1 Å². The van der Waals surface area contributed by atoms with Crippen molar-refractivity contribution in [2.75, 3.05) is 0 Å². The number of benzene rings is 6. The summed E-state index contributed by atoms with van der Waals surface area (Å²) in [4.78, 5) is 20.0. The van der Waals surface area contributed by atoms with Gasteiger partial charge in [0.2, 0.25) is 0 Å². The third-order valence-corrected chi connectivity index (χ3v) is 8.67. The van der Waals surface area contributed by atoms with E-state index in [1.54, 1.807) is 0 Å². The zero-order chi connectivity index (χ0) is 32.5. The maximum Gasteiger partial charge on any atom is 0.164 e. The minimum Gasteiger partial charge on any atom is -0.256 e. The van der Waals surface area contributed by atoms with Gasteiger partial charge in [0.1, 0.15) is 0 Å². The lowest BCUT2D eigenvalue weighted by Gasteiger charge is -2.16. The number of hydrogen-bond donors (Lipinski definition) is 0. The van der Waals surface area contributed by atoms with Gasteiger partial charge in [-0.05, 0) is 68.7 Å². The third kappa shape index (κ3) is 5.36. The van der Waals surface area contributed by atoms with Crippen molar-refractivity contribution in [1.29, 1.82) is 0 Å². The van der Waals surface area contributed by atoms with E-state index in [2.05, 4.69) is 86.0 Å². The second kappa shape index (κ2) is 12.3. The van der Waals surface area contributed by atoms with Gasteiger partial charge in [-0.2, -0.15) is 0 Å². The van der Waals surface area contributed by atoms with Gasteiger partial charge in [0.25, 0.3) is 0 Å². The van der Waals surface area contributed by atoms with Gasteiger partial charge in [-0.15, -0.1) is 0 Å². The summed E-state index contributed by atoms with van der Waals surface area (Å²) in [6.45, 7) is 8.25. The largest absolute Gasteiger partial charge is 0.256 e. The number of hydrogen-bond acceptors (Lipinski definition) is 4. The Hall–Kier alpha value is -6.52. The van der Waals surface area contributed by atoms with Gasteiger partial charge in [0.05, 0.1) is 5.69 Å². The molecule has 226 valence electrons. The lowest BCUT2D eigenvalue weighted by molar-refractivity contribution is 1.07. The maximum atomic E-state index is 5.07. The molecule has 48 heavy (non-hydrogen) atoms. The summed E-state index contributed by atoms with van der Waals surface area (Å²) >= 11 is 0. The maximum absolute atomic E-state index is 5.07. The highest BCUT2D eigenvalue weighted by Gasteiger charge is 2.17. The molecule has 0 spiro atoms. The van der Waals surface area contributed by atoms with E-state index in [1.807, 2.05) is 85.1 Å². The molecule has 2 aromatic heterocycles. The van der Waals surface area contributed by atoms with Crippen LogP contribution in [0.3, 0.4) is 0 Å². The minimum absolute atomic E-state index is 0.586. The van der Waals surface area contributed by atoms with Crippen molar-refractivity contribution in [3.8, 4) is 56.5 Å². The van der Waals surface area contributed by atoms with Crippen LogP contribution in [0.15, 0.2) is 159 Å². The Morgan fingerprint density at radius 3 is 1.62 bits per heavy atom. The summed E-state index contributed by atoms with van der Waals surface area (Å²) in [5, 5.41) is 4.46. The molecule has 0 bridgehead atoms. The van der Waals surface area contributed by atoms with Gasteiger partial charge in [-0.3, -0.25) is 4.98 Å². The Morgan fingerprint density at radius 1 is 0.438 bits per heavy atom. The molecule has 0 aliphatic carbocycles. The van der Waals surface area contributed by atoms with Gasteiger partial charge in [0.15, 0.2) is 17.5 Å². The zero-order valence-electron chi connectivity index (χ0n) is 26.2. The first kappa shape index (κ1) is 28.9. The second-order valence-electron chi connectivity index (χ2n) is 11.6. The van der Waals surface area contributed by atoms with Crippen LogP contribution in [0, 0.1) is 0 Å². The Kier molecular flexibility index (Phi) is 7.44. The number of rotatable bonds is 7. The molecule has 0 fully saturated rings. The quantitative estimate of drug-likeness (QED) is 0.179. The molecule has 0 aliphatic heterocycles. The fraction of sp³-hybridized carbons (Fsp3) is 0. The van der Waals surface area contributed by atoms with Crippen LogP contribution in [-0.4, -0.2) is 19.9 Å². The summed E-state index contributed by atoms with van der Waals surface area (Å²) in [5.74, 6) is 1.82. The predicted octanol–water partition coefficient (Wildman–Crippen LogP) is 11.2. The van der Waals surface area contributed by atoms with Crippen LogP contribution in [0.4, 0.5) is 0 Å². The second-order valence-corrected chi connectivity index (χ2v) is 11.6. The fourth-order valence-corrected chi connectivity index (χ4v) is 6.29. The van der Waals surface area contributed by atoms with Crippen LogP contribution in [0.25, 0.3) is 90.2 Å². The first-order valence-corrected chi connectivity index (χ1v) is 15.9. The van der Waals surface area contributed by atoms with Crippen molar-refractivity contribution in [3.05, 3.63) is 170 Å². The van der Waals surface area contributed by atoms with Gasteiger partial charge in [-0.25, -0.2) is 15.0 Å². The Labute approximate surface area is 279 Å². The van der Waals surface area contributed by atoms with Crippen LogP contribution >= 0.6 is 0 Å². The van der Waals surface area contributed by atoms with E-state index in [9.17, 15) is 0 Å². The molecule has 6 aromatic carbocycles. The smallest absolute Gasteiger partial charge is 0.164 e. The lowest BCUT2D eigenvalue weighted by atomic mass is 9.89. The minimum atomic E-state index is 0.586. The highest BCUT2D eigenvalue weighted by molar-refractivity contribution is 6.04. The molecule has 4 heteroatoms. The van der Waals surface area contributed by atoms with E-state index in [-0.39, 0.29) is 0 Å². The predicted molar refractivity (Wildman–Crippen MR) is 200 cm³/mol. The van der Waals surface area contributed by atoms with Crippen molar-refractivity contribution in [1.82, 2.24) is 19.9 Å². The van der Waals surface area contributed by atoms with Crippen molar-refractivity contribution >= 4 is 33.7 Å². The van der Waals surface area contributed by atoms with Gasteiger partial charge in [0, 0.05) is 33.8 Å². The van der Waals surface area contributed by atoms with E-state index in [4.69, 9.17) is 19.9 Å². The summed E-state index contributed by atoms with van der Waals surface area (Å²) < 4.78 is 0. The monoisotopic (exact) mass is 614 g/mol. The Bertz CT molecular complexity index is 2430. The lowest BCUT2D eigenvalue weighted by Crippen LogP contribution is -2.00. The molecule has 0 atom stereocenters. The van der Waals surface area contributed by atoms with Gasteiger partial charge >= 0.3 is 0 Å². The summed E-state index contributed by atoms with van der Waals surface area (Å²) in [6.07, 6.45) is 5.74.